The lowest BCUT2D eigenvalue weighted by Crippen LogP contribution is -2.13. The number of ether oxygens (including phenoxy) is 1. The molecule has 110 valence electrons. The van der Waals surface area contributed by atoms with Gasteiger partial charge in [-0.3, -0.25) is 5.41 Å². The number of hydrogen-bond acceptors (Lipinski definition) is 2. The van der Waals surface area contributed by atoms with Crippen LogP contribution in [-0.2, 0) is 5.41 Å². The van der Waals surface area contributed by atoms with Crippen molar-refractivity contribution in [2.45, 2.75) is 26.2 Å². The monoisotopic (exact) mass is 302 g/mol. The Morgan fingerprint density at radius 3 is 2.48 bits per heavy atom. The zero-order valence-corrected chi connectivity index (χ0v) is 13.2. The van der Waals surface area contributed by atoms with Crippen LogP contribution in [0.15, 0.2) is 42.5 Å². The summed E-state index contributed by atoms with van der Waals surface area (Å²) < 4.78 is 5.88. The van der Waals surface area contributed by atoms with Crippen LogP contribution in [0.5, 0.6) is 11.5 Å². The van der Waals surface area contributed by atoms with Crippen LogP contribution in [0.2, 0.25) is 5.02 Å². The molecule has 0 saturated carbocycles. The summed E-state index contributed by atoms with van der Waals surface area (Å²) in [6.07, 6.45) is 0. The van der Waals surface area contributed by atoms with E-state index in [0.717, 1.165) is 0 Å². The lowest BCUT2D eigenvalue weighted by atomic mass is 9.87. The van der Waals surface area contributed by atoms with E-state index in [1.165, 1.54) is 5.56 Å². The fraction of sp³-hybridized carbons (Fsp3) is 0.235. The highest BCUT2D eigenvalue weighted by atomic mass is 35.5. The number of nitrogen functional groups attached to an aromatic ring is 1. The van der Waals surface area contributed by atoms with Crippen LogP contribution in [0.25, 0.3) is 0 Å². The van der Waals surface area contributed by atoms with E-state index < -0.39 is 0 Å². The van der Waals surface area contributed by atoms with Crippen molar-refractivity contribution in [2.75, 3.05) is 0 Å². The van der Waals surface area contributed by atoms with Gasteiger partial charge in [0, 0.05) is 5.02 Å². The van der Waals surface area contributed by atoms with Crippen molar-refractivity contribution in [3.63, 3.8) is 0 Å². The molecule has 2 aromatic rings. The van der Waals surface area contributed by atoms with Crippen molar-refractivity contribution in [1.82, 2.24) is 0 Å². The first-order valence-electron chi connectivity index (χ1n) is 6.70. The first-order chi connectivity index (χ1) is 9.77. The van der Waals surface area contributed by atoms with Crippen LogP contribution >= 0.6 is 11.6 Å². The molecular weight excluding hydrogens is 284 g/mol. The van der Waals surface area contributed by atoms with Gasteiger partial charge in [0.1, 0.15) is 17.3 Å². The largest absolute Gasteiger partial charge is 0.457 e. The standard InChI is InChI=1S/C17H19ClN2O/c1-17(2,3)11-5-4-6-13(9-11)21-15-8-7-12(18)10-14(15)16(19)20/h4-10H,1-3H3,(H3,19,20). The van der Waals surface area contributed by atoms with E-state index in [4.69, 9.17) is 27.5 Å². The van der Waals surface area contributed by atoms with E-state index in [2.05, 4.69) is 26.8 Å². The molecule has 0 aliphatic rings. The lowest BCUT2D eigenvalue weighted by molar-refractivity contribution is 0.477. The predicted octanol–water partition coefficient (Wildman–Crippen LogP) is 4.71. The minimum atomic E-state index is -0.0699. The second-order valence-electron chi connectivity index (χ2n) is 5.93. The molecule has 3 N–H and O–H groups in total. The van der Waals surface area contributed by atoms with Crippen molar-refractivity contribution in [1.29, 1.82) is 5.41 Å². The first kappa shape index (κ1) is 15.4. The van der Waals surface area contributed by atoms with Gasteiger partial charge in [-0.2, -0.15) is 0 Å². The van der Waals surface area contributed by atoms with E-state index in [-0.39, 0.29) is 11.3 Å². The van der Waals surface area contributed by atoms with Gasteiger partial charge < -0.3 is 10.5 Å². The van der Waals surface area contributed by atoms with Crippen LogP contribution in [-0.4, -0.2) is 5.84 Å². The van der Waals surface area contributed by atoms with Crippen molar-refractivity contribution >= 4 is 17.4 Å². The van der Waals surface area contributed by atoms with E-state index in [1.54, 1.807) is 18.2 Å². The van der Waals surface area contributed by atoms with E-state index in [0.29, 0.717) is 22.1 Å². The maximum Gasteiger partial charge on any atom is 0.138 e. The molecule has 0 saturated heterocycles. The Bertz CT molecular complexity index is 675. The summed E-state index contributed by atoms with van der Waals surface area (Å²) in [7, 11) is 0. The molecule has 0 radical (unpaired) electrons. The molecule has 0 heterocycles. The minimum absolute atomic E-state index is 0.0444. The average molecular weight is 303 g/mol. The molecule has 0 aliphatic carbocycles. The van der Waals surface area contributed by atoms with Crippen molar-refractivity contribution in [2.24, 2.45) is 5.73 Å². The molecule has 0 aromatic heterocycles. The summed E-state index contributed by atoms with van der Waals surface area (Å²) in [6.45, 7) is 6.44. The summed E-state index contributed by atoms with van der Waals surface area (Å²) in [4.78, 5) is 0. The molecule has 0 fully saturated rings. The molecule has 3 nitrogen and oxygen atoms in total. The third kappa shape index (κ3) is 3.76. The third-order valence-electron chi connectivity index (χ3n) is 3.16. The quantitative estimate of drug-likeness (QED) is 0.637. The van der Waals surface area contributed by atoms with Gasteiger partial charge >= 0.3 is 0 Å². The Kier molecular flexibility index (Phi) is 4.24. The van der Waals surface area contributed by atoms with Crippen LogP contribution in [0.3, 0.4) is 0 Å². The molecule has 0 atom stereocenters. The Labute approximate surface area is 130 Å². The van der Waals surface area contributed by atoms with E-state index in [1.807, 2.05) is 18.2 Å². The maximum absolute atomic E-state index is 7.62. The average Bonchev–Trinajstić information content (AvgIpc) is 2.40. The smallest absolute Gasteiger partial charge is 0.138 e. The molecule has 0 amide bonds. The summed E-state index contributed by atoms with van der Waals surface area (Å²) >= 11 is 5.94. The van der Waals surface area contributed by atoms with Crippen LogP contribution in [0.1, 0.15) is 31.9 Å². The van der Waals surface area contributed by atoms with Gasteiger partial charge in [0.15, 0.2) is 0 Å². The Balaban J connectivity index is 2.37. The van der Waals surface area contributed by atoms with Crippen molar-refractivity contribution < 1.29 is 4.74 Å². The Morgan fingerprint density at radius 2 is 1.86 bits per heavy atom. The van der Waals surface area contributed by atoms with E-state index in [9.17, 15) is 0 Å². The number of amidine groups is 1. The number of hydrogen-bond donors (Lipinski definition) is 2. The van der Waals surface area contributed by atoms with Gasteiger partial charge in [-0.15, -0.1) is 0 Å². The van der Waals surface area contributed by atoms with Crippen LogP contribution < -0.4 is 10.5 Å². The van der Waals surface area contributed by atoms with Gasteiger partial charge in [0.25, 0.3) is 0 Å². The van der Waals surface area contributed by atoms with Crippen LogP contribution in [0, 0.1) is 5.41 Å². The summed E-state index contributed by atoms with van der Waals surface area (Å²) in [5.41, 5.74) is 7.29. The summed E-state index contributed by atoms with van der Waals surface area (Å²) in [6, 6.07) is 13.0. The highest BCUT2D eigenvalue weighted by Gasteiger charge is 2.15. The summed E-state index contributed by atoms with van der Waals surface area (Å²) in [5, 5.41) is 8.14. The molecule has 0 spiro atoms. The molecular formula is C17H19ClN2O. The Morgan fingerprint density at radius 1 is 1.14 bits per heavy atom. The zero-order valence-electron chi connectivity index (χ0n) is 12.4. The summed E-state index contributed by atoms with van der Waals surface area (Å²) in [5.74, 6) is 1.17. The molecule has 4 heteroatoms. The van der Waals surface area contributed by atoms with Crippen molar-refractivity contribution in [3.05, 3.63) is 58.6 Å². The third-order valence-corrected chi connectivity index (χ3v) is 3.39. The SMILES string of the molecule is CC(C)(C)c1cccc(Oc2ccc(Cl)cc2C(=N)N)c1. The molecule has 2 aromatic carbocycles. The van der Waals surface area contributed by atoms with Gasteiger partial charge in [-0.05, 0) is 41.3 Å². The molecule has 2 rings (SSSR count). The van der Waals surface area contributed by atoms with Crippen LogP contribution in [0.4, 0.5) is 0 Å². The lowest BCUT2D eigenvalue weighted by Gasteiger charge is -2.20. The highest BCUT2D eigenvalue weighted by molar-refractivity contribution is 6.31. The maximum atomic E-state index is 7.62. The number of benzene rings is 2. The first-order valence-corrected chi connectivity index (χ1v) is 7.07. The molecule has 0 bridgehead atoms. The van der Waals surface area contributed by atoms with Gasteiger partial charge in [0.05, 0.1) is 5.56 Å². The number of nitrogens with two attached hydrogens (primary N) is 1. The second-order valence-corrected chi connectivity index (χ2v) is 6.37. The fourth-order valence-corrected chi connectivity index (χ4v) is 2.13. The molecule has 21 heavy (non-hydrogen) atoms. The van der Waals surface area contributed by atoms with Crippen molar-refractivity contribution in [3.8, 4) is 11.5 Å². The molecule has 0 aliphatic heterocycles. The Hall–Kier alpha value is -2.00. The topological polar surface area (TPSA) is 59.1 Å². The normalized spacial score (nSPS) is 11.2. The van der Waals surface area contributed by atoms with Gasteiger partial charge in [-0.25, -0.2) is 0 Å². The number of rotatable bonds is 3. The number of halogens is 1. The highest BCUT2D eigenvalue weighted by Crippen LogP contribution is 2.31. The predicted molar refractivity (Wildman–Crippen MR) is 87.7 cm³/mol. The number of nitrogens with one attached hydrogen (secondary N) is 1. The second kappa shape index (κ2) is 5.78. The molecule has 0 unspecified atom stereocenters. The minimum Gasteiger partial charge on any atom is -0.457 e. The van der Waals surface area contributed by atoms with Gasteiger partial charge in [-0.1, -0.05) is 44.5 Å². The van der Waals surface area contributed by atoms with E-state index >= 15 is 0 Å². The fourth-order valence-electron chi connectivity index (χ4n) is 1.95. The van der Waals surface area contributed by atoms with Gasteiger partial charge in [0.2, 0.25) is 0 Å². The zero-order chi connectivity index (χ0) is 15.6.